The van der Waals surface area contributed by atoms with Crippen LogP contribution in [0.2, 0.25) is 0 Å². The Balaban J connectivity index is 1.76. The van der Waals surface area contributed by atoms with Crippen molar-refractivity contribution in [3.05, 3.63) is 35.8 Å². The lowest BCUT2D eigenvalue weighted by atomic mass is 10.1. The number of aromatic nitrogens is 1. The molecule has 0 saturated carbocycles. The predicted octanol–water partition coefficient (Wildman–Crippen LogP) is 2.79. The van der Waals surface area contributed by atoms with Crippen molar-refractivity contribution in [1.82, 2.24) is 9.47 Å². The molecule has 0 aliphatic carbocycles. The summed E-state index contributed by atoms with van der Waals surface area (Å²) in [4.78, 5) is 2.45. The Bertz CT molecular complexity index is 608. The fraction of sp³-hybridized carbons (Fsp3) is 0.500. The number of rotatable bonds is 4. The second kappa shape index (κ2) is 5.54. The Hall–Kier alpha value is -1.39. The maximum absolute atomic E-state index is 13.3. The molecule has 1 saturated heterocycles. The van der Waals surface area contributed by atoms with Crippen molar-refractivity contribution in [3.63, 3.8) is 0 Å². The molecule has 1 unspecified atom stereocenters. The van der Waals surface area contributed by atoms with Gasteiger partial charge in [-0.25, -0.2) is 4.39 Å². The molecule has 4 heteroatoms. The van der Waals surface area contributed by atoms with E-state index in [0.717, 1.165) is 37.1 Å². The lowest BCUT2D eigenvalue weighted by Gasteiger charge is -2.16. The fourth-order valence-electron chi connectivity index (χ4n) is 3.19. The molecule has 108 valence electrons. The maximum Gasteiger partial charge on any atom is 0.123 e. The number of aryl methyl sites for hydroxylation is 1. The smallest absolute Gasteiger partial charge is 0.123 e. The van der Waals surface area contributed by atoms with Gasteiger partial charge in [-0.3, -0.25) is 4.90 Å². The highest BCUT2D eigenvalue weighted by atomic mass is 19.1. The molecule has 0 amide bonds. The standard InChI is InChI=1S/C16H21FN2O/c1-18-15(8-13-7-14(17)3-4-16(13)18)10-19-6-5-12(9-19)11-20-2/h3-4,7-8,12H,5-6,9-11H2,1-2H3. The van der Waals surface area contributed by atoms with Crippen LogP contribution in [0.4, 0.5) is 4.39 Å². The minimum absolute atomic E-state index is 0.170. The van der Waals surface area contributed by atoms with Crippen LogP contribution in [0.25, 0.3) is 10.9 Å². The monoisotopic (exact) mass is 276 g/mol. The Morgan fingerprint density at radius 1 is 1.35 bits per heavy atom. The first-order valence-corrected chi connectivity index (χ1v) is 7.12. The third-order valence-electron chi connectivity index (χ3n) is 4.26. The molecule has 1 atom stereocenters. The van der Waals surface area contributed by atoms with Crippen LogP contribution in [-0.2, 0) is 18.3 Å². The topological polar surface area (TPSA) is 17.4 Å². The van der Waals surface area contributed by atoms with Crippen LogP contribution in [-0.4, -0.2) is 36.3 Å². The Labute approximate surface area is 118 Å². The van der Waals surface area contributed by atoms with Crippen molar-refractivity contribution >= 4 is 10.9 Å². The Kier molecular flexibility index (Phi) is 3.76. The average Bonchev–Trinajstić information content (AvgIpc) is 2.96. The largest absolute Gasteiger partial charge is 0.384 e. The van der Waals surface area contributed by atoms with E-state index in [9.17, 15) is 4.39 Å². The molecule has 1 aromatic carbocycles. The molecule has 2 aromatic rings. The number of hydrogen-bond donors (Lipinski definition) is 0. The SMILES string of the molecule is COCC1CCN(Cc2cc3cc(F)ccc3n2C)C1. The van der Waals surface area contributed by atoms with E-state index in [4.69, 9.17) is 4.74 Å². The highest BCUT2D eigenvalue weighted by molar-refractivity contribution is 5.81. The average molecular weight is 276 g/mol. The zero-order valence-electron chi connectivity index (χ0n) is 12.1. The lowest BCUT2D eigenvalue weighted by molar-refractivity contribution is 0.152. The van der Waals surface area contributed by atoms with Crippen LogP contribution < -0.4 is 0 Å². The number of methoxy groups -OCH3 is 1. The summed E-state index contributed by atoms with van der Waals surface area (Å²) in [6.45, 7) is 3.97. The second-order valence-electron chi connectivity index (χ2n) is 5.74. The van der Waals surface area contributed by atoms with Gasteiger partial charge in [0, 0.05) is 43.8 Å². The van der Waals surface area contributed by atoms with Gasteiger partial charge in [0.25, 0.3) is 0 Å². The van der Waals surface area contributed by atoms with Crippen LogP contribution in [0.15, 0.2) is 24.3 Å². The van der Waals surface area contributed by atoms with E-state index in [-0.39, 0.29) is 5.82 Å². The first-order valence-electron chi connectivity index (χ1n) is 7.12. The van der Waals surface area contributed by atoms with E-state index in [2.05, 4.69) is 22.6 Å². The zero-order chi connectivity index (χ0) is 14.1. The van der Waals surface area contributed by atoms with E-state index >= 15 is 0 Å². The van der Waals surface area contributed by atoms with Crippen molar-refractivity contribution in [3.8, 4) is 0 Å². The predicted molar refractivity (Wildman–Crippen MR) is 78.1 cm³/mol. The molecule has 0 radical (unpaired) electrons. The summed E-state index contributed by atoms with van der Waals surface area (Å²) in [5.74, 6) is 0.475. The van der Waals surface area contributed by atoms with Crippen LogP contribution >= 0.6 is 0 Å². The van der Waals surface area contributed by atoms with Gasteiger partial charge in [0.1, 0.15) is 5.82 Å². The fourth-order valence-corrected chi connectivity index (χ4v) is 3.19. The molecule has 2 heterocycles. The van der Waals surface area contributed by atoms with Crippen molar-refractivity contribution in [2.75, 3.05) is 26.8 Å². The van der Waals surface area contributed by atoms with Gasteiger partial charge in [-0.15, -0.1) is 0 Å². The van der Waals surface area contributed by atoms with Crippen molar-refractivity contribution in [2.45, 2.75) is 13.0 Å². The molecule has 1 fully saturated rings. The van der Waals surface area contributed by atoms with E-state index in [1.807, 2.05) is 6.07 Å². The number of halogens is 1. The van der Waals surface area contributed by atoms with Gasteiger partial charge < -0.3 is 9.30 Å². The van der Waals surface area contributed by atoms with Gasteiger partial charge in [-0.1, -0.05) is 0 Å². The van der Waals surface area contributed by atoms with E-state index in [1.54, 1.807) is 13.2 Å². The number of nitrogens with zero attached hydrogens (tertiary/aromatic N) is 2. The van der Waals surface area contributed by atoms with Crippen molar-refractivity contribution in [2.24, 2.45) is 13.0 Å². The molecule has 0 N–H and O–H groups in total. The van der Waals surface area contributed by atoms with E-state index in [0.29, 0.717) is 5.92 Å². The van der Waals surface area contributed by atoms with E-state index < -0.39 is 0 Å². The number of hydrogen-bond acceptors (Lipinski definition) is 2. The van der Waals surface area contributed by atoms with Gasteiger partial charge in [0.15, 0.2) is 0 Å². The molecule has 3 rings (SSSR count). The minimum Gasteiger partial charge on any atom is -0.384 e. The highest BCUT2D eigenvalue weighted by Crippen LogP contribution is 2.23. The molecule has 1 aromatic heterocycles. The first-order chi connectivity index (χ1) is 9.67. The normalized spacial score (nSPS) is 20.1. The molecular weight excluding hydrogens is 255 g/mol. The quantitative estimate of drug-likeness (QED) is 0.854. The summed E-state index contributed by atoms with van der Waals surface area (Å²) in [5, 5.41) is 0.982. The maximum atomic E-state index is 13.3. The van der Waals surface area contributed by atoms with Gasteiger partial charge >= 0.3 is 0 Å². The highest BCUT2D eigenvalue weighted by Gasteiger charge is 2.23. The zero-order valence-corrected chi connectivity index (χ0v) is 12.1. The number of likely N-dealkylation sites (tertiary alicyclic amines) is 1. The number of ether oxygens (including phenoxy) is 1. The summed E-state index contributed by atoms with van der Waals surface area (Å²) < 4.78 is 20.7. The summed E-state index contributed by atoms with van der Waals surface area (Å²) in [6, 6.07) is 7.08. The molecule has 3 nitrogen and oxygen atoms in total. The Morgan fingerprint density at radius 2 is 2.20 bits per heavy atom. The van der Waals surface area contributed by atoms with Gasteiger partial charge in [0.2, 0.25) is 0 Å². The third kappa shape index (κ3) is 2.58. The van der Waals surface area contributed by atoms with Gasteiger partial charge in [-0.2, -0.15) is 0 Å². The molecule has 20 heavy (non-hydrogen) atoms. The van der Waals surface area contributed by atoms with Crippen molar-refractivity contribution in [1.29, 1.82) is 0 Å². The summed E-state index contributed by atoms with van der Waals surface area (Å²) >= 11 is 0. The number of benzene rings is 1. The van der Waals surface area contributed by atoms with Crippen LogP contribution in [0.1, 0.15) is 12.1 Å². The molecule has 1 aliphatic rings. The molecule has 1 aliphatic heterocycles. The summed E-state index contributed by atoms with van der Waals surface area (Å²) in [5.41, 5.74) is 2.33. The van der Waals surface area contributed by atoms with Gasteiger partial charge in [0.05, 0.1) is 6.61 Å². The van der Waals surface area contributed by atoms with Crippen molar-refractivity contribution < 1.29 is 9.13 Å². The van der Waals surface area contributed by atoms with Crippen LogP contribution in [0, 0.1) is 11.7 Å². The first kappa shape index (κ1) is 13.6. The third-order valence-corrected chi connectivity index (χ3v) is 4.26. The summed E-state index contributed by atoms with van der Waals surface area (Å²) in [7, 11) is 3.82. The second-order valence-corrected chi connectivity index (χ2v) is 5.74. The minimum atomic E-state index is -0.170. The van der Waals surface area contributed by atoms with Crippen LogP contribution in [0.3, 0.4) is 0 Å². The molecule has 0 bridgehead atoms. The van der Waals surface area contributed by atoms with Gasteiger partial charge in [-0.05, 0) is 43.1 Å². The molecular formula is C16H21FN2O. The van der Waals surface area contributed by atoms with Crippen LogP contribution in [0.5, 0.6) is 0 Å². The lowest BCUT2D eigenvalue weighted by Crippen LogP contribution is -2.22. The summed E-state index contributed by atoms with van der Waals surface area (Å²) in [6.07, 6.45) is 1.20. The molecule has 0 spiro atoms. The van der Waals surface area contributed by atoms with E-state index in [1.165, 1.54) is 18.2 Å². The Morgan fingerprint density at radius 3 is 3.00 bits per heavy atom. The number of fused-ring (bicyclic) bond motifs is 1.